The number of allylic oxidation sites excluding steroid dienone is 1. The van der Waals surface area contributed by atoms with E-state index in [1.165, 1.54) is 0 Å². The third-order valence-corrected chi connectivity index (χ3v) is 9.09. The molecule has 1 amide bonds. The largest absolute Gasteiger partial charge is 0.497 e. The molecule has 0 aromatic heterocycles. The SMILES string of the molecule is CNN(C)C(=NC(=O)OCc1ccccc1)N(Cc1ccc(OC)cc1)C(C)(c1ccccc1Br)C1CC=CS1. The van der Waals surface area contributed by atoms with Gasteiger partial charge in [-0.25, -0.2) is 10.2 Å². The van der Waals surface area contributed by atoms with E-state index >= 15 is 0 Å². The normalized spacial score (nSPS) is 16.3. The second-order valence-corrected chi connectivity index (χ2v) is 11.5. The molecule has 3 aromatic carbocycles. The molecule has 9 heteroatoms. The Balaban J connectivity index is 1.82. The summed E-state index contributed by atoms with van der Waals surface area (Å²) in [5, 5.41) is 4.06. The highest BCUT2D eigenvalue weighted by Gasteiger charge is 2.45. The number of benzene rings is 3. The minimum absolute atomic E-state index is 0.141. The van der Waals surface area contributed by atoms with Crippen LogP contribution >= 0.6 is 27.7 Å². The molecular formula is C31H35BrN4O3S. The van der Waals surface area contributed by atoms with Gasteiger partial charge in [-0.3, -0.25) is 5.01 Å². The Bertz CT molecular complexity index is 1330. The van der Waals surface area contributed by atoms with Crippen molar-refractivity contribution in [3.05, 3.63) is 112 Å². The average molecular weight is 624 g/mol. The molecule has 2 unspecified atom stereocenters. The maximum absolute atomic E-state index is 13.2. The van der Waals surface area contributed by atoms with Gasteiger partial charge in [-0.2, -0.15) is 0 Å². The number of methoxy groups -OCH3 is 1. The maximum atomic E-state index is 13.2. The van der Waals surface area contributed by atoms with Gasteiger partial charge in [-0.15, -0.1) is 16.8 Å². The first-order valence-electron chi connectivity index (χ1n) is 13.0. The summed E-state index contributed by atoms with van der Waals surface area (Å²) in [5.41, 5.74) is 5.61. The quantitative estimate of drug-likeness (QED) is 0.157. The van der Waals surface area contributed by atoms with E-state index in [0.29, 0.717) is 12.5 Å². The molecule has 0 saturated heterocycles. The maximum Gasteiger partial charge on any atom is 0.437 e. The number of carbonyl (C=O) groups excluding carboxylic acids is 1. The second kappa shape index (κ2) is 13.9. The molecule has 1 aliphatic rings. The van der Waals surface area contributed by atoms with Crippen LogP contribution in [0.4, 0.5) is 4.79 Å². The van der Waals surface area contributed by atoms with Gasteiger partial charge < -0.3 is 14.4 Å². The van der Waals surface area contributed by atoms with Crippen LogP contribution in [-0.2, 0) is 23.4 Å². The zero-order valence-corrected chi connectivity index (χ0v) is 25.6. The number of guanidine groups is 1. The molecule has 210 valence electrons. The lowest BCUT2D eigenvalue weighted by molar-refractivity contribution is 0.137. The molecule has 7 nitrogen and oxygen atoms in total. The van der Waals surface area contributed by atoms with Gasteiger partial charge in [0.25, 0.3) is 0 Å². The molecule has 1 aliphatic heterocycles. The fraction of sp³-hybridized carbons (Fsp3) is 0.290. The topological polar surface area (TPSA) is 66.4 Å². The van der Waals surface area contributed by atoms with E-state index in [9.17, 15) is 4.79 Å². The summed E-state index contributed by atoms with van der Waals surface area (Å²) in [6.45, 7) is 2.84. The highest BCUT2D eigenvalue weighted by molar-refractivity contribution is 9.10. The first kappa shape index (κ1) is 29.7. The van der Waals surface area contributed by atoms with Crippen molar-refractivity contribution in [1.82, 2.24) is 15.3 Å². The van der Waals surface area contributed by atoms with Crippen LogP contribution < -0.4 is 10.2 Å². The number of amides is 1. The minimum atomic E-state index is -0.660. The van der Waals surface area contributed by atoms with E-state index in [2.05, 4.69) is 61.8 Å². The lowest BCUT2D eigenvalue weighted by Gasteiger charge is -2.48. The fourth-order valence-corrected chi connectivity index (χ4v) is 6.56. The molecule has 0 radical (unpaired) electrons. The molecule has 1 heterocycles. The predicted octanol–water partition coefficient (Wildman–Crippen LogP) is 6.95. The molecule has 3 aromatic rings. The van der Waals surface area contributed by atoms with E-state index in [1.54, 1.807) is 30.9 Å². The number of nitrogens with zero attached hydrogens (tertiary/aromatic N) is 3. The van der Waals surface area contributed by atoms with Crippen molar-refractivity contribution >= 4 is 39.7 Å². The molecular weight excluding hydrogens is 588 g/mol. The standard InChI is InChI=1S/C31H35BrN4O3S/c1-31(28-15-10-20-40-28,26-13-8-9-14-27(26)32)36(21-23-16-18-25(38-4)19-17-23)29(35(3)33-2)34-30(37)39-22-24-11-6-5-7-12-24/h5-14,16-20,28,33H,15,21-22H2,1-4H3. The molecule has 40 heavy (non-hydrogen) atoms. The molecule has 4 rings (SSSR count). The van der Waals surface area contributed by atoms with Crippen molar-refractivity contribution in [3.63, 3.8) is 0 Å². The van der Waals surface area contributed by atoms with Crippen LogP contribution in [0, 0.1) is 0 Å². The van der Waals surface area contributed by atoms with Crippen molar-refractivity contribution in [2.45, 2.75) is 37.3 Å². The Labute approximate surface area is 249 Å². The van der Waals surface area contributed by atoms with Gasteiger partial charge in [0.1, 0.15) is 12.4 Å². The smallest absolute Gasteiger partial charge is 0.437 e. The van der Waals surface area contributed by atoms with Gasteiger partial charge in [0, 0.05) is 30.4 Å². The van der Waals surface area contributed by atoms with Crippen molar-refractivity contribution in [2.24, 2.45) is 4.99 Å². The van der Waals surface area contributed by atoms with Gasteiger partial charge >= 0.3 is 6.09 Å². The molecule has 1 N–H and O–H groups in total. The van der Waals surface area contributed by atoms with E-state index in [-0.39, 0.29) is 11.9 Å². The summed E-state index contributed by atoms with van der Waals surface area (Å²) in [5.74, 6) is 1.23. The zero-order chi connectivity index (χ0) is 28.5. The van der Waals surface area contributed by atoms with Crippen molar-refractivity contribution in [1.29, 1.82) is 0 Å². The third kappa shape index (κ3) is 6.89. The Kier molecular flexibility index (Phi) is 10.3. The number of carbonyl (C=O) groups is 1. The van der Waals surface area contributed by atoms with E-state index in [0.717, 1.165) is 33.3 Å². The number of hydrazine groups is 1. The minimum Gasteiger partial charge on any atom is -0.497 e. The first-order valence-corrected chi connectivity index (χ1v) is 14.8. The molecule has 0 spiro atoms. The number of thioether (sulfide) groups is 1. The van der Waals surface area contributed by atoms with E-state index in [4.69, 9.17) is 9.47 Å². The average Bonchev–Trinajstić information content (AvgIpc) is 3.54. The molecule has 0 fully saturated rings. The summed E-state index contributed by atoms with van der Waals surface area (Å²) in [6, 6.07) is 25.8. The van der Waals surface area contributed by atoms with Crippen LogP contribution in [0.5, 0.6) is 5.75 Å². The Morgan fingerprint density at radius 1 is 1.07 bits per heavy atom. The number of hydrogen-bond donors (Lipinski definition) is 1. The van der Waals surface area contributed by atoms with Gasteiger partial charge in [0.05, 0.1) is 12.6 Å². The number of rotatable bonds is 9. The number of ether oxygens (including phenoxy) is 2. The summed E-state index contributed by atoms with van der Waals surface area (Å²) < 4.78 is 12.0. The van der Waals surface area contributed by atoms with Crippen LogP contribution in [0.2, 0.25) is 0 Å². The summed E-state index contributed by atoms with van der Waals surface area (Å²) in [4.78, 5) is 20.0. The van der Waals surface area contributed by atoms with Crippen LogP contribution in [-0.4, -0.2) is 48.4 Å². The Morgan fingerprint density at radius 3 is 2.40 bits per heavy atom. The first-order chi connectivity index (χ1) is 19.4. The summed E-state index contributed by atoms with van der Waals surface area (Å²) >= 11 is 5.61. The lowest BCUT2D eigenvalue weighted by atomic mass is 9.84. The highest BCUT2D eigenvalue weighted by atomic mass is 79.9. The number of hydrogen-bond acceptors (Lipinski definition) is 5. The van der Waals surface area contributed by atoms with Crippen LogP contribution in [0.25, 0.3) is 0 Å². The second-order valence-electron chi connectivity index (χ2n) is 9.53. The van der Waals surface area contributed by atoms with Gasteiger partial charge in [-0.05, 0) is 53.6 Å². The van der Waals surface area contributed by atoms with E-state index < -0.39 is 11.6 Å². The predicted molar refractivity (Wildman–Crippen MR) is 166 cm³/mol. The summed E-state index contributed by atoms with van der Waals surface area (Å²) in [6.07, 6.45) is 2.41. The lowest BCUT2D eigenvalue weighted by Crippen LogP contribution is -2.58. The monoisotopic (exact) mass is 622 g/mol. The van der Waals surface area contributed by atoms with Gasteiger partial charge in [0.2, 0.25) is 5.96 Å². The van der Waals surface area contributed by atoms with Crippen molar-refractivity contribution in [2.75, 3.05) is 21.2 Å². The molecule has 0 aliphatic carbocycles. The third-order valence-electron chi connectivity index (χ3n) is 7.07. The van der Waals surface area contributed by atoms with Gasteiger partial charge in [0.15, 0.2) is 0 Å². The Morgan fingerprint density at radius 2 is 1.77 bits per heavy atom. The highest BCUT2D eigenvalue weighted by Crippen LogP contribution is 2.46. The van der Waals surface area contributed by atoms with Crippen LogP contribution in [0.15, 0.2) is 99.8 Å². The van der Waals surface area contributed by atoms with Crippen molar-refractivity contribution < 1.29 is 14.3 Å². The number of nitrogens with one attached hydrogen (secondary N) is 1. The fourth-order valence-electron chi connectivity index (χ4n) is 4.72. The Hall–Kier alpha value is -3.27. The zero-order valence-electron chi connectivity index (χ0n) is 23.2. The van der Waals surface area contributed by atoms with Crippen molar-refractivity contribution in [3.8, 4) is 5.75 Å². The summed E-state index contributed by atoms with van der Waals surface area (Å²) in [7, 11) is 5.31. The molecule has 0 bridgehead atoms. The van der Waals surface area contributed by atoms with E-state index in [1.807, 2.05) is 73.8 Å². The van der Waals surface area contributed by atoms with Crippen LogP contribution in [0.1, 0.15) is 30.0 Å². The number of aliphatic imine (C=N–C) groups is 1. The van der Waals surface area contributed by atoms with Gasteiger partial charge in [-0.1, -0.05) is 82.7 Å². The number of halogens is 1. The molecule has 0 saturated carbocycles. The molecule has 2 atom stereocenters. The van der Waals surface area contributed by atoms with Crippen LogP contribution in [0.3, 0.4) is 0 Å².